The van der Waals surface area contributed by atoms with E-state index in [1.165, 1.54) is 11.8 Å². The van der Waals surface area contributed by atoms with Gasteiger partial charge in [-0.2, -0.15) is 4.99 Å². The van der Waals surface area contributed by atoms with Gasteiger partial charge in [0.15, 0.2) is 20.8 Å². The molecule has 0 aromatic heterocycles. The van der Waals surface area contributed by atoms with Crippen molar-refractivity contribution in [2.75, 3.05) is 29.6 Å². The van der Waals surface area contributed by atoms with E-state index < -0.39 is 41.0 Å². The van der Waals surface area contributed by atoms with Gasteiger partial charge in [0.2, 0.25) is 0 Å². The molecule has 0 saturated carbocycles. The number of thioether (sulfide) groups is 1. The summed E-state index contributed by atoms with van der Waals surface area (Å²) in [4.78, 5) is 28.8. The van der Waals surface area contributed by atoms with E-state index >= 15 is 0 Å². The summed E-state index contributed by atoms with van der Waals surface area (Å²) in [5.74, 6) is -1.03. The third-order valence-corrected chi connectivity index (χ3v) is 8.58. The molecular weight excluding hydrogens is 504 g/mol. The minimum absolute atomic E-state index is 0.0454. The van der Waals surface area contributed by atoms with E-state index in [2.05, 4.69) is 4.99 Å². The number of carbonyl (C=O) groups excluding carboxylic acids is 1. The predicted molar refractivity (Wildman–Crippen MR) is 130 cm³/mol. The van der Waals surface area contributed by atoms with E-state index in [4.69, 9.17) is 26.2 Å². The molecule has 2 heterocycles. The monoisotopic (exact) mass is 524 g/mol. The van der Waals surface area contributed by atoms with Gasteiger partial charge in [0.25, 0.3) is 5.91 Å². The third kappa shape index (κ3) is 5.72. The van der Waals surface area contributed by atoms with Gasteiger partial charge in [-0.05, 0) is 42.8 Å². The number of amides is 1. The van der Waals surface area contributed by atoms with Crippen LogP contribution in [0.1, 0.15) is 5.56 Å². The van der Waals surface area contributed by atoms with Crippen LogP contribution in [0, 0.1) is 6.92 Å². The first-order chi connectivity index (χ1) is 16.1. The zero-order chi connectivity index (χ0) is 24.5. The van der Waals surface area contributed by atoms with Crippen molar-refractivity contribution in [2.24, 2.45) is 4.99 Å². The highest BCUT2D eigenvalue weighted by Gasteiger charge is 2.50. The second kappa shape index (κ2) is 9.95. The van der Waals surface area contributed by atoms with Gasteiger partial charge in [-0.3, -0.25) is 4.79 Å². The lowest BCUT2D eigenvalue weighted by Crippen LogP contribution is -2.38. The number of carboxylic acids is 1. The van der Waals surface area contributed by atoms with Crippen molar-refractivity contribution in [3.63, 3.8) is 0 Å². The maximum atomic E-state index is 12.4. The van der Waals surface area contributed by atoms with Crippen molar-refractivity contribution < 1.29 is 32.6 Å². The van der Waals surface area contributed by atoms with Gasteiger partial charge >= 0.3 is 5.97 Å². The Balaban J connectivity index is 1.71. The number of halogens is 1. The molecule has 0 bridgehead atoms. The smallest absolute Gasteiger partial charge is 0.329 e. The number of aliphatic carboxylic acids is 1. The van der Waals surface area contributed by atoms with Crippen LogP contribution in [0.2, 0.25) is 5.02 Å². The van der Waals surface area contributed by atoms with Crippen LogP contribution >= 0.6 is 23.4 Å². The Labute approximate surface area is 205 Å². The predicted octanol–water partition coefficient (Wildman–Crippen LogP) is 3.14. The van der Waals surface area contributed by atoms with Crippen LogP contribution in [0.5, 0.6) is 11.5 Å². The van der Waals surface area contributed by atoms with Crippen molar-refractivity contribution in [1.82, 2.24) is 0 Å². The normalized spacial score (nSPS) is 22.1. The lowest BCUT2D eigenvalue weighted by atomic mass is 10.2. The van der Waals surface area contributed by atoms with E-state index in [0.717, 1.165) is 5.56 Å². The molecule has 0 unspecified atom stereocenters. The molecule has 2 saturated heterocycles. The number of carbonyl (C=O) groups is 2. The summed E-state index contributed by atoms with van der Waals surface area (Å²) >= 11 is 7.47. The average Bonchev–Trinajstić information content (AvgIpc) is 3.19. The van der Waals surface area contributed by atoms with Gasteiger partial charge in [-0.15, -0.1) is 0 Å². The number of nitrogens with zero attached hydrogens (tertiary/aromatic N) is 2. The molecule has 1 N–H and O–H groups in total. The number of anilines is 1. The van der Waals surface area contributed by atoms with E-state index in [0.29, 0.717) is 22.2 Å². The molecule has 2 aliphatic rings. The fraction of sp³-hybridized carbons (Fsp3) is 0.318. The van der Waals surface area contributed by atoms with Crippen LogP contribution in [0.4, 0.5) is 5.69 Å². The quantitative estimate of drug-likeness (QED) is 0.581. The first-order valence-corrected chi connectivity index (χ1v) is 13.3. The minimum Gasteiger partial charge on any atom is -0.480 e. The number of rotatable bonds is 7. The molecule has 4 rings (SSSR count). The zero-order valence-corrected chi connectivity index (χ0v) is 20.4. The lowest BCUT2D eigenvalue weighted by Gasteiger charge is -2.26. The van der Waals surface area contributed by atoms with Crippen LogP contribution in [0.15, 0.2) is 47.5 Å². The Hall–Kier alpha value is -2.60. The average molecular weight is 525 g/mol. The van der Waals surface area contributed by atoms with E-state index in [-0.39, 0.29) is 21.9 Å². The number of fused-ring (bicyclic) bond motifs is 1. The number of hydrogen-bond donors (Lipinski definition) is 1. The van der Waals surface area contributed by atoms with Gasteiger partial charge < -0.3 is 19.5 Å². The third-order valence-electron chi connectivity index (χ3n) is 5.14. The zero-order valence-electron chi connectivity index (χ0n) is 18.0. The highest BCUT2D eigenvalue weighted by atomic mass is 35.5. The Morgan fingerprint density at radius 2 is 2.00 bits per heavy atom. The molecule has 2 aromatic carbocycles. The SMILES string of the molecule is Cc1cccc(Oc2ccc(Cl)cc2N2C(=NC(=O)COCC(=O)O)S[C@H]3CS(=O)(=O)C[C@H]32)c1. The van der Waals surface area contributed by atoms with E-state index in [1.807, 2.05) is 25.1 Å². The fourth-order valence-electron chi connectivity index (χ4n) is 3.78. The summed E-state index contributed by atoms with van der Waals surface area (Å²) < 4.78 is 35.7. The molecule has 0 aliphatic carbocycles. The maximum absolute atomic E-state index is 12.4. The molecule has 34 heavy (non-hydrogen) atoms. The second-order valence-electron chi connectivity index (χ2n) is 7.88. The van der Waals surface area contributed by atoms with Crippen LogP contribution in [0.25, 0.3) is 0 Å². The van der Waals surface area contributed by atoms with Gasteiger partial charge in [-0.1, -0.05) is 35.5 Å². The molecule has 2 fully saturated rings. The summed E-state index contributed by atoms with van der Waals surface area (Å²) in [5, 5.41) is 9.04. The molecule has 2 atom stereocenters. The lowest BCUT2D eigenvalue weighted by molar-refractivity contribution is -0.143. The van der Waals surface area contributed by atoms with Crippen LogP contribution in [0.3, 0.4) is 0 Å². The molecule has 12 heteroatoms. The summed E-state index contributed by atoms with van der Waals surface area (Å²) in [5.41, 5.74) is 1.48. The van der Waals surface area contributed by atoms with Crippen molar-refractivity contribution in [3.05, 3.63) is 53.1 Å². The Morgan fingerprint density at radius 1 is 1.21 bits per heavy atom. The molecule has 0 spiro atoms. The standard InChI is InChI=1S/C22H21ClN2O7S2/c1-13-3-2-4-15(7-13)32-18-6-5-14(23)8-16(18)25-17-11-34(29,30)12-19(17)33-22(25)24-20(26)9-31-10-21(27)28/h2-8,17,19H,9-12H2,1H3,(H,27,28)/t17-,19+/m1/s1. The summed E-state index contributed by atoms with van der Waals surface area (Å²) in [7, 11) is -3.28. The topological polar surface area (TPSA) is 123 Å². The second-order valence-corrected chi connectivity index (χ2v) is 11.7. The summed E-state index contributed by atoms with van der Waals surface area (Å²) in [6.07, 6.45) is 0. The largest absolute Gasteiger partial charge is 0.480 e. The van der Waals surface area contributed by atoms with Crippen molar-refractivity contribution in [2.45, 2.75) is 18.2 Å². The van der Waals surface area contributed by atoms with Crippen molar-refractivity contribution >= 4 is 55.9 Å². The summed E-state index contributed by atoms with van der Waals surface area (Å²) in [6.45, 7) is 0.795. The van der Waals surface area contributed by atoms with E-state index in [1.54, 1.807) is 29.2 Å². The number of carboxylic acid groups (broad SMARTS) is 1. The van der Waals surface area contributed by atoms with Crippen LogP contribution in [-0.2, 0) is 24.2 Å². The number of aliphatic imine (C=N–C) groups is 1. The van der Waals surface area contributed by atoms with E-state index in [9.17, 15) is 18.0 Å². The number of hydrogen-bond acceptors (Lipinski definition) is 7. The minimum atomic E-state index is -3.28. The van der Waals surface area contributed by atoms with Crippen molar-refractivity contribution in [1.29, 1.82) is 0 Å². The first-order valence-electron chi connectivity index (χ1n) is 10.2. The Bertz CT molecular complexity index is 1270. The fourth-order valence-corrected chi connectivity index (χ4v) is 7.87. The maximum Gasteiger partial charge on any atom is 0.329 e. The highest BCUT2D eigenvalue weighted by Crippen LogP contribution is 2.45. The summed E-state index contributed by atoms with van der Waals surface area (Å²) in [6, 6.07) is 11.9. The number of amidine groups is 1. The molecule has 9 nitrogen and oxygen atoms in total. The molecular formula is C22H21ClN2O7S2. The Morgan fingerprint density at radius 3 is 2.74 bits per heavy atom. The Kier molecular flexibility index (Phi) is 7.17. The highest BCUT2D eigenvalue weighted by molar-refractivity contribution is 8.16. The number of ether oxygens (including phenoxy) is 2. The molecule has 1 amide bonds. The number of sulfone groups is 1. The molecule has 2 aromatic rings. The van der Waals surface area contributed by atoms with Crippen molar-refractivity contribution in [3.8, 4) is 11.5 Å². The van der Waals surface area contributed by atoms with Gasteiger partial charge in [-0.25, -0.2) is 13.2 Å². The van der Waals surface area contributed by atoms with Gasteiger partial charge in [0.1, 0.15) is 19.0 Å². The van der Waals surface area contributed by atoms with Gasteiger partial charge in [0, 0.05) is 10.3 Å². The van der Waals surface area contributed by atoms with Gasteiger partial charge in [0.05, 0.1) is 23.2 Å². The number of aryl methyl sites for hydroxylation is 1. The number of benzene rings is 2. The van der Waals surface area contributed by atoms with Crippen LogP contribution < -0.4 is 9.64 Å². The molecule has 0 radical (unpaired) electrons. The molecule has 180 valence electrons. The van der Waals surface area contributed by atoms with Crippen LogP contribution in [-0.4, -0.2) is 66.6 Å². The first kappa shape index (κ1) is 24.5. The molecule has 2 aliphatic heterocycles.